The van der Waals surface area contributed by atoms with Crippen LogP contribution in [0.4, 0.5) is 0 Å². The van der Waals surface area contributed by atoms with Crippen LogP contribution in [-0.4, -0.2) is 10.4 Å². The van der Waals surface area contributed by atoms with Gasteiger partial charge in [-0.25, -0.2) is 0 Å². The topological polar surface area (TPSA) is 45.8 Å². The van der Waals surface area contributed by atoms with Gasteiger partial charge in [-0.3, -0.25) is 4.79 Å². The van der Waals surface area contributed by atoms with Gasteiger partial charge in [0.15, 0.2) is 5.78 Å². The Labute approximate surface area is 114 Å². The Hall–Kier alpha value is -1.86. The monoisotopic (exact) mass is 302 g/mol. The van der Waals surface area contributed by atoms with Crippen LogP contribution >= 0.6 is 15.9 Å². The number of carbonyl (C=O) groups is 1. The van der Waals surface area contributed by atoms with Gasteiger partial charge in [-0.1, -0.05) is 28.1 Å². The molecule has 1 atom stereocenters. The van der Waals surface area contributed by atoms with E-state index in [4.69, 9.17) is 5.26 Å². The maximum atomic E-state index is 12.3. The average Bonchev–Trinajstić information content (AvgIpc) is 2.86. The van der Waals surface area contributed by atoms with Gasteiger partial charge in [0.25, 0.3) is 0 Å². The number of rotatable bonds is 3. The minimum Gasteiger partial charge on any atom is -0.329 e. The zero-order valence-electron chi connectivity index (χ0n) is 9.80. The summed E-state index contributed by atoms with van der Waals surface area (Å²) in [6.07, 6.45) is 1.75. The molecular weight excluding hydrogens is 292 g/mol. The molecule has 3 nitrogen and oxygen atoms in total. The molecule has 18 heavy (non-hydrogen) atoms. The average molecular weight is 303 g/mol. The Kier molecular flexibility index (Phi) is 3.63. The number of Topliss-reactive ketones (excluding diaryl/α,β-unsaturated/α-hetero) is 1. The first-order valence-electron chi connectivity index (χ1n) is 5.50. The summed E-state index contributed by atoms with van der Waals surface area (Å²) in [5, 5.41) is 8.96. The molecule has 0 aliphatic rings. The fraction of sp³-hybridized carbons (Fsp3) is 0.143. The van der Waals surface area contributed by atoms with Crippen molar-refractivity contribution in [2.24, 2.45) is 0 Å². The molecule has 2 aromatic rings. The number of carbonyl (C=O) groups excluding carboxylic acids is 1. The smallest absolute Gasteiger partial charge is 0.185 e. The van der Waals surface area contributed by atoms with Gasteiger partial charge >= 0.3 is 0 Å². The maximum Gasteiger partial charge on any atom is 0.185 e. The van der Waals surface area contributed by atoms with Crippen LogP contribution in [0.5, 0.6) is 0 Å². The summed E-state index contributed by atoms with van der Waals surface area (Å²) in [6, 6.07) is 12.4. The van der Waals surface area contributed by atoms with Crippen molar-refractivity contribution in [2.45, 2.75) is 13.0 Å². The van der Waals surface area contributed by atoms with E-state index in [1.165, 1.54) is 0 Å². The number of benzene rings is 1. The summed E-state index contributed by atoms with van der Waals surface area (Å²) in [5.41, 5.74) is 1.14. The van der Waals surface area contributed by atoms with E-state index in [2.05, 4.69) is 22.0 Å². The lowest BCUT2D eigenvalue weighted by Gasteiger charge is -2.13. The largest absolute Gasteiger partial charge is 0.329 e. The number of aromatic nitrogens is 1. The molecule has 0 bridgehead atoms. The SMILES string of the molecule is CC(C(=O)c1ccc(Br)cc1)n1cccc1C#N. The second-order valence-electron chi connectivity index (χ2n) is 3.96. The van der Waals surface area contributed by atoms with Crippen molar-refractivity contribution in [3.05, 3.63) is 58.3 Å². The van der Waals surface area contributed by atoms with E-state index in [1.807, 2.05) is 12.1 Å². The third kappa shape index (κ3) is 2.36. The van der Waals surface area contributed by atoms with Crippen molar-refractivity contribution in [2.75, 3.05) is 0 Å². The van der Waals surface area contributed by atoms with Crippen LogP contribution < -0.4 is 0 Å². The summed E-state index contributed by atoms with van der Waals surface area (Å²) in [5.74, 6) is -0.00444. The Morgan fingerprint density at radius 3 is 2.61 bits per heavy atom. The predicted molar refractivity (Wildman–Crippen MR) is 72.3 cm³/mol. The molecule has 2 rings (SSSR count). The van der Waals surface area contributed by atoms with Crippen LogP contribution in [0.2, 0.25) is 0 Å². The lowest BCUT2D eigenvalue weighted by molar-refractivity contribution is 0.0934. The van der Waals surface area contributed by atoms with Gasteiger partial charge < -0.3 is 4.57 Å². The van der Waals surface area contributed by atoms with Crippen LogP contribution in [0.3, 0.4) is 0 Å². The van der Waals surface area contributed by atoms with E-state index < -0.39 is 0 Å². The highest BCUT2D eigenvalue weighted by Gasteiger charge is 2.18. The number of halogens is 1. The number of ketones is 1. The number of nitriles is 1. The molecule has 0 aliphatic carbocycles. The number of nitrogens with zero attached hydrogens (tertiary/aromatic N) is 2. The molecule has 1 heterocycles. The first-order chi connectivity index (χ1) is 8.63. The quantitative estimate of drug-likeness (QED) is 0.814. The fourth-order valence-electron chi connectivity index (χ4n) is 1.81. The molecule has 0 radical (unpaired) electrons. The van der Waals surface area contributed by atoms with Crippen LogP contribution in [0.25, 0.3) is 0 Å². The number of hydrogen-bond donors (Lipinski definition) is 0. The molecule has 0 spiro atoms. The van der Waals surface area contributed by atoms with Crippen LogP contribution in [-0.2, 0) is 0 Å². The van der Waals surface area contributed by atoms with E-state index in [1.54, 1.807) is 42.0 Å². The van der Waals surface area contributed by atoms with Gasteiger partial charge in [-0.15, -0.1) is 0 Å². The minimum atomic E-state index is -0.379. The second-order valence-corrected chi connectivity index (χ2v) is 4.88. The van der Waals surface area contributed by atoms with Gasteiger partial charge in [0.2, 0.25) is 0 Å². The van der Waals surface area contributed by atoms with E-state index in [0.29, 0.717) is 11.3 Å². The Morgan fingerprint density at radius 2 is 2.00 bits per heavy atom. The first kappa shape index (κ1) is 12.6. The molecule has 0 saturated carbocycles. The van der Waals surface area contributed by atoms with Gasteiger partial charge in [-0.05, 0) is 31.2 Å². The van der Waals surface area contributed by atoms with E-state index in [9.17, 15) is 4.79 Å². The van der Waals surface area contributed by atoms with Crippen molar-refractivity contribution < 1.29 is 4.79 Å². The van der Waals surface area contributed by atoms with Crippen LogP contribution in [0.1, 0.15) is 29.0 Å². The summed E-state index contributed by atoms with van der Waals surface area (Å²) in [6.45, 7) is 1.80. The highest BCUT2D eigenvalue weighted by atomic mass is 79.9. The highest BCUT2D eigenvalue weighted by Crippen LogP contribution is 2.18. The van der Waals surface area contributed by atoms with E-state index in [0.717, 1.165) is 4.47 Å². The fourth-order valence-corrected chi connectivity index (χ4v) is 2.07. The van der Waals surface area contributed by atoms with Gasteiger partial charge in [0.05, 0.1) is 6.04 Å². The minimum absolute atomic E-state index is 0.00444. The molecule has 0 N–H and O–H groups in total. The van der Waals surface area contributed by atoms with Gasteiger partial charge in [0, 0.05) is 16.2 Å². The molecule has 0 saturated heterocycles. The van der Waals surface area contributed by atoms with E-state index >= 15 is 0 Å². The molecule has 4 heteroatoms. The van der Waals surface area contributed by atoms with Crippen LogP contribution in [0, 0.1) is 11.3 Å². The van der Waals surface area contributed by atoms with E-state index in [-0.39, 0.29) is 11.8 Å². The Bertz CT molecular complexity index is 607. The summed E-state index contributed by atoms with van der Waals surface area (Å²) < 4.78 is 2.62. The lowest BCUT2D eigenvalue weighted by atomic mass is 10.1. The second kappa shape index (κ2) is 5.19. The molecule has 1 aromatic heterocycles. The number of hydrogen-bond acceptors (Lipinski definition) is 2. The molecule has 0 aliphatic heterocycles. The Balaban J connectivity index is 2.30. The predicted octanol–water partition coefficient (Wildman–Crippen LogP) is 3.57. The molecule has 90 valence electrons. The van der Waals surface area contributed by atoms with Crippen molar-refractivity contribution in [1.29, 1.82) is 5.26 Å². The third-order valence-electron chi connectivity index (χ3n) is 2.82. The summed E-state index contributed by atoms with van der Waals surface area (Å²) in [4.78, 5) is 12.3. The molecule has 1 unspecified atom stereocenters. The summed E-state index contributed by atoms with van der Waals surface area (Å²) >= 11 is 3.33. The standard InChI is InChI=1S/C14H11BrN2O/c1-10(17-8-2-3-13(17)9-16)14(18)11-4-6-12(15)7-5-11/h2-8,10H,1H3. The summed E-state index contributed by atoms with van der Waals surface area (Å²) in [7, 11) is 0. The molecule has 0 fully saturated rings. The van der Waals surface area contributed by atoms with Crippen molar-refractivity contribution in [1.82, 2.24) is 4.57 Å². The lowest BCUT2D eigenvalue weighted by Crippen LogP contribution is -2.17. The van der Waals surface area contributed by atoms with Gasteiger partial charge in [0.1, 0.15) is 11.8 Å². The van der Waals surface area contributed by atoms with Gasteiger partial charge in [-0.2, -0.15) is 5.26 Å². The van der Waals surface area contributed by atoms with Crippen molar-refractivity contribution in [3.8, 4) is 6.07 Å². The maximum absolute atomic E-state index is 12.3. The molecule has 0 amide bonds. The zero-order chi connectivity index (χ0) is 13.1. The Morgan fingerprint density at radius 1 is 1.33 bits per heavy atom. The van der Waals surface area contributed by atoms with Crippen LogP contribution in [0.15, 0.2) is 47.1 Å². The first-order valence-corrected chi connectivity index (χ1v) is 6.29. The highest BCUT2D eigenvalue weighted by molar-refractivity contribution is 9.10. The normalized spacial score (nSPS) is 11.8. The molecular formula is C14H11BrN2O. The third-order valence-corrected chi connectivity index (χ3v) is 3.35. The zero-order valence-corrected chi connectivity index (χ0v) is 11.4. The van der Waals surface area contributed by atoms with Crippen molar-refractivity contribution >= 4 is 21.7 Å². The van der Waals surface area contributed by atoms with Crippen molar-refractivity contribution in [3.63, 3.8) is 0 Å². The molecule has 1 aromatic carbocycles.